The summed E-state index contributed by atoms with van der Waals surface area (Å²) in [5.41, 5.74) is 1.66. The Hall–Kier alpha value is -4.88. The van der Waals surface area contributed by atoms with E-state index in [4.69, 9.17) is 18.5 Å². The molecule has 0 amide bonds. The number of nitrogens with zero attached hydrogens (tertiary/aromatic N) is 4. The molecule has 4 fully saturated rings. The van der Waals surface area contributed by atoms with E-state index in [0.717, 1.165) is 88.0 Å². The van der Waals surface area contributed by atoms with Crippen molar-refractivity contribution in [2.45, 2.75) is 148 Å². The maximum Gasteiger partial charge on any atom is 0.337 e. The summed E-state index contributed by atoms with van der Waals surface area (Å²) in [5, 5.41) is 8.87. The van der Waals surface area contributed by atoms with E-state index in [0.29, 0.717) is 40.7 Å². The van der Waals surface area contributed by atoms with Gasteiger partial charge in [0.25, 0.3) is 11.1 Å². The molecule has 0 aliphatic heterocycles. The second-order valence-corrected chi connectivity index (χ2v) is 15.6. The maximum absolute atomic E-state index is 12.6. The molecule has 2 N–H and O–H groups in total. The molecule has 0 bridgehead atoms. The molecule has 0 spiro atoms. The van der Waals surface area contributed by atoms with E-state index in [1.165, 1.54) is 76.3 Å². The number of nitrogens with one attached hydrogen (secondary N) is 2. The second kappa shape index (κ2) is 18.6. The molecule has 0 aromatic carbocycles. The van der Waals surface area contributed by atoms with E-state index in [-0.39, 0.29) is 34.6 Å². The third kappa shape index (κ3) is 10.9. The fraction of sp³-hybridized carbons (Fsp3) is 0.610. The smallest absolute Gasteiger partial charge is 0.337 e. The fourth-order valence-electron chi connectivity index (χ4n) is 8.05. The molecule has 4 aromatic rings. The molecule has 55 heavy (non-hydrogen) atoms. The van der Waals surface area contributed by atoms with Crippen molar-refractivity contribution in [1.29, 1.82) is 0 Å². The first-order chi connectivity index (χ1) is 26.9. The molecular weight excluding hydrogens is 704 g/mol. The predicted molar refractivity (Wildman–Crippen MR) is 209 cm³/mol. The highest BCUT2D eigenvalue weighted by atomic mass is 16.6. The van der Waals surface area contributed by atoms with Crippen molar-refractivity contribution < 1.29 is 18.5 Å². The molecule has 0 saturated heterocycles. The van der Waals surface area contributed by atoms with Crippen molar-refractivity contribution in [1.82, 2.24) is 19.9 Å². The van der Waals surface area contributed by atoms with Crippen LogP contribution in [0.3, 0.4) is 0 Å². The van der Waals surface area contributed by atoms with Crippen LogP contribution in [0.15, 0.2) is 50.5 Å². The Labute approximate surface area is 318 Å². The van der Waals surface area contributed by atoms with E-state index in [1.807, 2.05) is 0 Å². The normalized spacial score (nSPS) is 17.8. The third-order valence-corrected chi connectivity index (χ3v) is 11.3. The molecular formula is C41H52N6O8. The fourth-order valence-corrected chi connectivity index (χ4v) is 8.05. The van der Waals surface area contributed by atoms with Crippen molar-refractivity contribution >= 4 is 33.6 Å². The summed E-state index contributed by atoms with van der Waals surface area (Å²) in [4.78, 5) is 73.3. The van der Waals surface area contributed by atoms with Gasteiger partial charge in [-0.1, -0.05) is 80.9 Å². The van der Waals surface area contributed by atoms with Gasteiger partial charge in [0.15, 0.2) is 0 Å². The molecule has 4 aliphatic rings. The van der Waals surface area contributed by atoms with E-state index in [9.17, 15) is 19.2 Å². The van der Waals surface area contributed by atoms with Crippen molar-refractivity contribution in [3.05, 3.63) is 64.8 Å². The number of hydrogen-bond acceptors (Lipinski definition) is 12. The predicted octanol–water partition coefficient (Wildman–Crippen LogP) is 7.79. The number of aryl methyl sites for hydroxylation is 2. The number of aromatic amines is 2. The van der Waals surface area contributed by atoms with Crippen LogP contribution in [0.4, 0.5) is 0 Å². The Bertz CT molecular complexity index is 2230. The molecule has 294 valence electrons. The number of rotatable bonds is 12. The lowest BCUT2D eigenvalue weighted by atomic mass is 9.85. The van der Waals surface area contributed by atoms with Crippen LogP contribution >= 0.6 is 0 Å². The Morgan fingerprint density at radius 1 is 0.582 bits per heavy atom. The van der Waals surface area contributed by atoms with Gasteiger partial charge in [-0.05, 0) is 100 Å². The zero-order valence-electron chi connectivity index (χ0n) is 31.6. The molecule has 4 aromatic heterocycles. The molecule has 0 radical (unpaired) electrons. The first-order valence-electron chi connectivity index (χ1n) is 20.5. The molecule has 4 heterocycles. The summed E-state index contributed by atoms with van der Waals surface area (Å²) in [6.07, 6.45) is 25.0. The summed E-state index contributed by atoms with van der Waals surface area (Å²) in [6.45, 7) is 0. The summed E-state index contributed by atoms with van der Waals surface area (Å²) in [5.74, 6) is 1.55. The van der Waals surface area contributed by atoms with E-state index < -0.39 is 11.3 Å². The zero-order valence-corrected chi connectivity index (χ0v) is 31.6. The lowest BCUT2D eigenvalue weighted by Gasteiger charge is -2.21. The number of unbranched alkanes of at least 4 members (excludes halogenated alkanes) is 1. The van der Waals surface area contributed by atoms with Gasteiger partial charge >= 0.3 is 23.3 Å². The van der Waals surface area contributed by atoms with Gasteiger partial charge in [0.2, 0.25) is 11.4 Å². The van der Waals surface area contributed by atoms with Gasteiger partial charge < -0.3 is 18.5 Å². The molecule has 0 unspecified atom stereocenters. The SMILES string of the molecule is O=c1cc(CCC2CCCCC2)c2c(=O)[nH]c(ON=C3CCCCC3)nc2o1.O=c1cc(CCCCC2CC2)c2c(=O)[nH]c(ON=C3CCCCC3)nc2o1. The Kier molecular flexibility index (Phi) is 13.0. The molecule has 4 aliphatic carbocycles. The van der Waals surface area contributed by atoms with Crippen molar-refractivity contribution in [3.63, 3.8) is 0 Å². The number of aromatic nitrogens is 4. The van der Waals surface area contributed by atoms with Crippen molar-refractivity contribution in [2.75, 3.05) is 0 Å². The van der Waals surface area contributed by atoms with Crippen molar-refractivity contribution in [2.24, 2.45) is 22.1 Å². The monoisotopic (exact) mass is 756 g/mol. The topological polar surface area (TPSA) is 195 Å². The molecule has 14 heteroatoms. The van der Waals surface area contributed by atoms with Gasteiger partial charge in [-0.25, -0.2) is 9.59 Å². The molecule has 14 nitrogen and oxygen atoms in total. The van der Waals surface area contributed by atoms with Crippen LogP contribution in [-0.2, 0) is 12.8 Å². The maximum atomic E-state index is 12.6. The van der Waals surface area contributed by atoms with Gasteiger partial charge in [-0.15, -0.1) is 0 Å². The number of hydrogen-bond donors (Lipinski definition) is 2. The largest absolute Gasteiger partial charge is 0.403 e. The van der Waals surface area contributed by atoms with E-state index >= 15 is 0 Å². The summed E-state index contributed by atoms with van der Waals surface area (Å²) >= 11 is 0. The highest BCUT2D eigenvalue weighted by Crippen LogP contribution is 2.34. The minimum Gasteiger partial charge on any atom is -0.403 e. The third-order valence-electron chi connectivity index (χ3n) is 11.3. The first kappa shape index (κ1) is 38.4. The van der Waals surface area contributed by atoms with Gasteiger partial charge in [-0.2, -0.15) is 9.97 Å². The zero-order chi connectivity index (χ0) is 38.0. The highest BCUT2D eigenvalue weighted by Gasteiger charge is 2.21. The van der Waals surface area contributed by atoms with Gasteiger partial charge in [0.05, 0.1) is 11.4 Å². The molecule has 4 saturated carbocycles. The molecule has 0 atom stereocenters. The lowest BCUT2D eigenvalue weighted by molar-refractivity contribution is 0.307. The van der Waals surface area contributed by atoms with Crippen LogP contribution in [-0.4, -0.2) is 31.4 Å². The average Bonchev–Trinajstić information content (AvgIpc) is 4.02. The Balaban J connectivity index is 0.000000169. The van der Waals surface area contributed by atoms with Crippen molar-refractivity contribution in [3.8, 4) is 12.0 Å². The lowest BCUT2D eigenvalue weighted by Crippen LogP contribution is -2.16. The molecule has 8 rings (SSSR count). The van der Waals surface area contributed by atoms with Crippen LogP contribution in [0.25, 0.3) is 22.2 Å². The standard InChI is InChI=1S/C21H27N3O4.C20H25N3O4/c25-17-13-15(12-11-14-7-3-1-4-8-14)18-19(26)22-21(23-20(18)27-17)28-24-16-9-5-2-6-10-16;24-16-12-14(7-5-4-6-13-10-11-13)17-18(25)21-20(22-19(17)26-16)27-23-15-8-2-1-3-9-15/h13-14H,1-12H2,(H,22,23,26);12-13H,1-11H2,(H,21,22,25). The summed E-state index contributed by atoms with van der Waals surface area (Å²) in [7, 11) is 0. The number of oxime groups is 2. The van der Waals surface area contributed by atoms with Crippen LogP contribution in [0.1, 0.15) is 146 Å². The summed E-state index contributed by atoms with van der Waals surface area (Å²) in [6, 6.07) is 2.74. The number of H-pyrrole nitrogens is 2. The number of fused-ring (bicyclic) bond motifs is 2. The van der Waals surface area contributed by atoms with Gasteiger partial charge in [0.1, 0.15) is 10.8 Å². The Morgan fingerprint density at radius 2 is 1.05 bits per heavy atom. The Morgan fingerprint density at radius 3 is 1.56 bits per heavy atom. The van der Waals surface area contributed by atoms with Gasteiger partial charge in [-0.3, -0.25) is 19.6 Å². The van der Waals surface area contributed by atoms with Crippen LogP contribution in [0, 0.1) is 11.8 Å². The van der Waals surface area contributed by atoms with Gasteiger partial charge in [0, 0.05) is 12.1 Å². The van der Waals surface area contributed by atoms with E-state index in [1.54, 1.807) is 0 Å². The second-order valence-electron chi connectivity index (χ2n) is 15.6. The van der Waals surface area contributed by atoms with Crippen LogP contribution < -0.4 is 32.0 Å². The minimum atomic E-state index is -0.498. The van der Waals surface area contributed by atoms with E-state index in [2.05, 4.69) is 30.2 Å². The highest BCUT2D eigenvalue weighted by molar-refractivity contribution is 5.85. The van der Waals surface area contributed by atoms with Crippen LogP contribution in [0.2, 0.25) is 0 Å². The minimum absolute atomic E-state index is 0.0160. The van der Waals surface area contributed by atoms with Crippen LogP contribution in [0.5, 0.6) is 12.0 Å². The summed E-state index contributed by atoms with van der Waals surface area (Å²) < 4.78 is 10.3. The first-order valence-corrected chi connectivity index (χ1v) is 20.5. The quantitative estimate of drug-likeness (QED) is 0.106. The average molecular weight is 757 g/mol.